The number of aliphatic imine (C=N–C) groups is 1. The second kappa shape index (κ2) is 9.69. The Bertz CT molecular complexity index is 833. The minimum absolute atomic E-state index is 0.0531. The average Bonchev–Trinajstić information content (AvgIpc) is 3.13. The normalized spacial score (nSPS) is 17.1. The van der Waals surface area contributed by atoms with E-state index >= 15 is 0 Å². The van der Waals surface area contributed by atoms with E-state index in [-0.39, 0.29) is 11.7 Å². The van der Waals surface area contributed by atoms with E-state index in [2.05, 4.69) is 46.8 Å². The third-order valence-corrected chi connectivity index (χ3v) is 5.06. The van der Waals surface area contributed by atoms with Crippen molar-refractivity contribution < 1.29 is 8.78 Å². The maximum atomic E-state index is 14.1. The standard InChI is InChI=1S/C22H29F2N5/c1-25-22(26-13-16-7-4-5-8-17(16)14-28(2)3)27-18-11-12-29(15-18)21-19(23)9-6-10-20(21)24/h4-10,18H,11-15H2,1-3H3,(H2,25,26,27). The van der Waals surface area contributed by atoms with Crippen LogP contribution in [-0.4, -0.2) is 51.1 Å². The molecule has 0 aromatic heterocycles. The maximum Gasteiger partial charge on any atom is 0.191 e. The number of halogens is 2. The van der Waals surface area contributed by atoms with Crippen molar-refractivity contribution in [2.75, 3.05) is 39.1 Å². The molecule has 1 heterocycles. The molecule has 0 amide bonds. The van der Waals surface area contributed by atoms with Gasteiger partial charge >= 0.3 is 0 Å². The lowest BCUT2D eigenvalue weighted by molar-refractivity contribution is 0.400. The van der Waals surface area contributed by atoms with Crippen LogP contribution in [0, 0.1) is 11.6 Å². The van der Waals surface area contributed by atoms with E-state index in [9.17, 15) is 8.78 Å². The van der Waals surface area contributed by atoms with Gasteiger partial charge < -0.3 is 20.4 Å². The van der Waals surface area contributed by atoms with Gasteiger partial charge in [0.05, 0.1) is 0 Å². The molecule has 0 aliphatic carbocycles. The smallest absolute Gasteiger partial charge is 0.191 e. The predicted octanol–water partition coefficient (Wildman–Crippen LogP) is 2.97. The van der Waals surface area contributed by atoms with Crippen LogP contribution in [-0.2, 0) is 13.1 Å². The Morgan fingerprint density at radius 2 is 1.79 bits per heavy atom. The van der Waals surface area contributed by atoms with E-state index in [1.165, 1.54) is 29.3 Å². The molecule has 5 nitrogen and oxygen atoms in total. The van der Waals surface area contributed by atoms with E-state index < -0.39 is 11.6 Å². The molecule has 0 saturated carbocycles. The molecule has 1 fully saturated rings. The van der Waals surface area contributed by atoms with Crippen molar-refractivity contribution in [2.45, 2.75) is 25.6 Å². The number of nitrogens with one attached hydrogen (secondary N) is 2. The van der Waals surface area contributed by atoms with E-state index in [0.717, 1.165) is 13.0 Å². The van der Waals surface area contributed by atoms with Crippen molar-refractivity contribution in [2.24, 2.45) is 4.99 Å². The minimum Gasteiger partial charge on any atom is -0.365 e. The SMILES string of the molecule is CN=C(NCc1ccccc1CN(C)C)NC1CCN(c2c(F)cccc2F)C1. The molecule has 7 heteroatoms. The lowest BCUT2D eigenvalue weighted by Gasteiger charge is -2.21. The molecule has 1 aliphatic heterocycles. The first-order valence-electron chi connectivity index (χ1n) is 9.85. The third-order valence-electron chi connectivity index (χ3n) is 5.06. The first-order chi connectivity index (χ1) is 14.0. The van der Waals surface area contributed by atoms with Gasteiger partial charge in [0.1, 0.15) is 17.3 Å². The van der Waals surface area contributed by atoms with E-state index in [1.54, 1.807) is 11.9 Å². The monoisotopic (exact) mass is 401 g/mol. The van der Waals surface area contributed by atoms with Crippen LogP contribution in [0.3, 0.4) is 0 Å². The first kappa shape index (κ1) is 21.0. The Kier molecular flexibility index (Phi) is 7.04. The molecule has 156 valence electrons. The Morgan fingerprint density at radius 3 is 2.45 bits per heavy atom. The zero-order valence-electron chi connectivity index (χ0n) is 17.3. The molecule has 2 aromatic carbocycles. The summed E-state index contributed by atoms with van der Waals surface area (Å²) in [5.41, 5.74) is 2.53. The highest BCUT2D eigenvalue weighted by molar-refractivity contribution is 5.80. The fourth-order valence-corrected chi connectivity index (χ4v) is 3.66. The van der Waals surface area contributed by atoms with Crippen molar-refractivity contribution in [3.05, 3.63) is 65.2 Å². The number of anilines is 1. The Hall–Kier alpha value is -2.67. The highest BCUT2D eigenvalue weighted by Gasteiger charge is 2.27. The number of guanidine groups is 1. The third kappa shape index (κ3) is 5.44. The second-order valence-electron chi connectivity index (χ2n) is 7.58. The van der Waals surface area contributed by atoms with Crippen LogP contribution < -0.4 is 15.5 Å². The Morgan fingerprint density at radius 1 is 1.10 bits per heavy atom. The molecule has 2 aromatic rings. The summed E-state index contributed by atoms with van der Waals surface area (Å²) in [5, 5.41) is 6.73. The molecule has 3 rings (SSSR count). The molecule has 1 aliphatic rings. The summed E-state index contributed by atoms with van der Waals surface area (Å²) in [6.07, 6.45) is 0.783. The maximum absolute atomic E-state index is 14.1. The van der Waals surface area contributed by atoms with Gasteiger partial charge in [0.2, 0.25) is 0 Å². The minimum atomic E-state index is -0.523. The van der Waals surface area contributed by atoms with Gasteiger partial charge in [-0.05, 0) is 43.8 Å². The van der Waals surface area contributed by atoms with Gasteiger partial charge in [-0.1, -0.05) is 30.3 Å². The van der Waals surface area contributed by atoms with Crippen LogP contribution in [0.25, 0.3) is 0 Å². The van der Waals surface area contributed by atoms with Gasteiger partial charge in [0, 0.05) is 39.3 Å². The van der Waals surface area contributed by atoms with Crippen LogP contribution >= 0.6 is 0 Å². The molecular weight excluding hydrogens is 372 g/mol. The molecule has 0 bridgehead atoms. The summed E-state index contributed by atoms with van der Waals surface area (Å²) in [7, 11) is 5.83. The molecule has 1 atom stereocenters. The van der Waals surface area contributed by atoms with Gasteiger partial charge in [-0.3, -0.25) is 4.99 Å². The summed E-state index contributed by atoms with van der Waals surface area (Å²) >= 11 is 0. The molecule has 2 N–H and O–H groups in total. The Labute approximate surface area is 171 Å². The number of rotatable bonds is 6. The second-order valence-corrected chi connectivity index (χ2v) is 7.58. The molecule has 1 saturated heterocycles. The van der Waals surface area contributed by atoms with Crippen molar-refractivity contribution in [3.63, 3.8) is 0 Å². The van der Waals surface area contributed by atoms with Crippen molar-refractivity contribution >= 4 is 11.6 Å². The molecule has 0 radical (unpaired) electrons. The highest BCUT2D eigenvalue weighted by Crippen LogP contribution is 2.26. The topological polar surface area (TPSA) is 42.9 Å². The predicted molar refractivity (Wildman–Crippen MR) is 114 cm³/mol. The lowest BCUT2D eigenvalue weighted by Crippen LogP contribution is -2.44. The molecule has 0 spiro atoms. The highest BCUT2D eigenvalue weighted by atomic mass is 19.1. The molecular formula is C22H29F2N5. The van der Waals surface area contributed by atoms with Crippen molar-refractivity contribution in [1.82, 2.24) is 15.5 Å². The number of hydrogen-bond donors (Lipinski definition) is 2. The van der Waals surface area contributed by atoms with Gasteiger partial charge in [-0.25, -0.2) is 8.78 Å². The first-order valence-corrected chi connectivity index (χ1v) is 9.85. The van der Waals surface area contributed by atoms with Crippen LogP contribution in [0.2, 0.25) is 0 Å². The summed E-state index contributed by atoms with van der Waals surface area (Å²) in [6, 6.07) is 12.4. The summed E-state index contributed by atoms with van der Waals surface area (Å²) < 4.78 is 28.1. The van der Waals surface area contributed by atoms with Crippen molar-refractivity contribution in [1.29, 1.82) is 0 Å². The van der Waals surface area contributed by atoms with E-state index in [1.807, 2.05) is 12.1 Å². The fourth-order valence-electron chi connectivity index (χ4n) is 3.66. The van der Waals surface area contributed by atoms with Gasteiger partial charge in [0.25, 0.3) is 0 Å². The van der Waals surface area contributed by atoms with Crippen LogP contribution in [0.15, 0.2) is 47.5 Å². The van der Waals surface area contributed by atoms with Gasteiger partial charge in [-0.15, -0.1) is 0 Å². The number of nitrogens with zero attached hydrogens (tertiary/aromatic N) is 3. The molecule has 29 heavy (non-hydrogen) atoms. The zero-order chi connectivity index (χ0) is 20.8. The fraction of sp³-hybridized carbons (Fsp3) is 0.409. The van der Waals surface area contributed by atoms with Crippen LogP contribution in [0.5, 0.6) is 0 Å². The van der Waals surface area contributed by atoms with Crippen molar-refractivity contribution in [3.8, 4) is 0 Å². The van der Waals surface area contributed by atoms with E-state index in [0.29, 0.717) is 25.6 Å². The number of hydrogen-bond acceptors (Lipinski definition) is 3. The summed E-state index contributed by atoms with van der Waals surface area (Å²) in [4.78, 5) is 8.20. The zero-order valence-corrected chi connectivity index (χ0v) is 17.3. The summed E-state index contributed by atoms with van der Waals surface area (Å²) in [6.45, 7) is 2.64. The van der Waals surface area contributed by atoms with Crippen LogP contribution in [0.1, 0.15) is 17.5 Å². The largest absolute Gasteiger partial charge is 0.365 e. The van der Waals surface area contributed by atoms with Crippen LogP contribution in [0.4, 0.5) is 14.5 Å². The average molecular weight is 402 g/mol. The number of para-hydroxylation sites is 1. The Balaban J connectivity index is 1.58. The quantitative estimate of drug-likeness (QED) is 0.577. The van der Waals surface area contributed by atoms with Gasteiger partial charge in [-0.2, -0.15) is 0 Å². The number of benzene rings is 2. The molecule has 1 unspecified atom stereocenters. The summed E-state index contributed by atoms with van der Waals surface area (Å²) in [5.74, 6) is -0.359. The lowest BCUT2D eigenvalue weighted by atomic mass is 10.1. The van der Waals surface area contributed by atoms with Gasteiger partial charge in [0.15, 0.2) is 5.96 Å². The van der Waals surface area contributed by atoms with E-state index in [4.69, 9.17) is 0 Å².